The van der Waals surface area contributed by atoms with Crippen LogP contribution in [0.15, 0.2) is 24.3 Å². The molecule has 0 aliphatic carbocycles. The molecular formula is C72H128N2O26. The number of unbranched alkanes of at least 4 members (excludes halogenated alkanes) is 26. The van der Waals surface area contributed by atoms with Gasteiger partial charge < -0.3 is 125 Å². The SMILES string of the molecule is CCCCCCCC/C=C\CCCCCCCCCCCC(=O)N[C@@H](CO[C@@H]1O[C@H](CO)[C@@H](O[C@@H]2O[C@H](CO)[C@H](O[C@@H]3O[C@H](CO)[C@H](O)[C@H](O)[C@H]3CC(C)=O)[C@H](O[C@]3(C(=O)O)C[C@H](O)[C@@H](NC(C)=O)C([C@H](O)[C@H](O)CO)O3)[C@H]2O)[C@H](O)[C@H]1O)[C@H](O)/C=C/CCCCCCCCCCCCC. The molecule has 0 aromatic carbocycles. The predicted octanol–water partition coefficient (Wildman–Crippen LogP) is 3.56. The van der Waals surface area contributed by atoms with Gasteiger partial charge in [0.15, 0.2) is 18.9 Å². The van der Waals surface area contributed by atoms with E-state index >= 15 is 0 Å². The standard InChI is InChI=1S/C72H128N2O26/c1-5-7-9-11-13-15-17-19-20-21-22-23-24-26-28-30-32-34-36-38-56(84)74-49(50(81)37-35-33-31-29-27-25-18-16-14-12-10-8-6-2)45-93-69-62(89)61(88)64(54(43-77)95-69)97-70-63(90)67(65(55(44-78)96-70)98-68-48(39-46(3)79)58(85)60(87)53(42-76)94-68)100-72(71(91)92)40-51(82)57(73-47(4)80)66(99-72)59(86)52(83)41-75/h19-20,35,37,48-55,57-70,75-78,81-83,85-90H,5-18,21-34,36,38-45H2,1-4H3,(H,73,80)(H,74,84)(H,91,92)/b20-19-,37-35+/t48-,49+,50-,51+,52-,53-,54-,55-,57-,58-,59-,60+,61-,62-,63-,64-,65+,66?,67-,68+,69-,70+,72+/m1/s1. The number of hydrogen-bond donors (Lipinski definition) is 16. The van der Waals surface area contributed by atoms with Gasteiger partial charge in [-0.3, -0.25) is 9.59 Å². The highest BCUT2D eigenvalue weighted by Gasteiger charge is 2.61. The van der Waals surface area contributed by atoms with Gasteiger partial charge in [0.1, 0.15) is 85.1 Å². The number of rotatable bonds is 53. The first-order valence-corrected chi connectivity index (χ1v) is 37.4. The summed E-state index contributed by atoms with van der Waals surface area (Å²) in [6.45, 7) is 1.91. The third-order valence-corrected chi connectivity index (χ3v) is 19.4. The van der Waals surface area contributed by atoms with Crippen LogP contribution in [0.5, 0.6) is 0 Å². The van der Waals surface area contributed by atoms with Gasteiger partial charge in [0, 0.05) is 32.1 Å². The largest absolute Gasteiger partial charge is 0.477 e. The van der Waals surface area contributed by atoms with Crippen LogP contribution in [-0.4, -0.2) is 262 Å². The Kier molecular flexibility index (Phi) is 44.1. The van der Waals surface area contributed by atoms with Crippen molar-refractivity contribution in [2.24, 2.45) is 5.92 Å². The summed E-state index contributed by atoms with van der Waals surface area (Å²) in [5.41, 5.74) is 0. The number of ketones is 1. The van der Waals surface area contributed by atoms with Gasteiger partial charge >= 0.3 is 5.97 Å². The highest BCUT2D eigenvalue weighted by molar-refractivity contribution is 5.77. The fourth-order valence-electron chi connectivity index (χ4n) is 13.5. The van der Waals surface area contributed by atoms with Crippen LogP contribution >= 0.6 is 0 Å². The minimum absolute atomic E-state index is 0.159. The molecule has 4 rings (SSSR count). The zero-order valence-electron chi connectivity index (χ0n) is 59.8. The van der Waals surface area contributed by atoms with Crippen LogP contribution in [0.25, 0.3) is 0 Å². The summed E-state index contributed by atoms with van der Waals surface area (Å²) in [4.78, 5) is 52.1. The third-order valence-electron chi connectivity index (χ3n) is 19.4. The second-order valence-corrected chi connectivity index (χ2v) is 27.9. The Hall–Kier alpha value is -3.28. The lowest BCUT2D eigenvalue weighted by molar-refractivity contribution is -0.403. The maximum Gasteiger partial charge on any atom is 0.364 e. The quantitative estimate of drug-likeness (QED) is 0.0306. The van der Waals surface area contributed by atoms with Crippen LogP contribution in [0.1, 0.15) is 233 Å². The van der Waals surface area contributed by atoms with Crippen molar-refractivity contribution in [1.29, 1.82) is 0 Å². The van der Waals surface area contributed by atoms with Gasteiger partial charge in [-0.2, -0.15) is 0 Å². The van der Waals surface area contributed by atoms with Crippen molar-refractivity contribution in [3.8, 4) is 0 Å². The molecule has 582 valence electrons. The first-order chi connectivity index (χ1) is 48.0. The molecule has 0 radical (unpaired) electrons. The molecule has 23 atom stereocenters. The number of hydrogen-bond acceptors (Lipinski definition) is 25. The average molecular weight is 1440 g/mol. The van der Waals surface area contributed by atoms with Crippen molar-refractivity contribution in [2.75, 3.05) is 33.0 Å². The fourth-order valence-corrected chi connectivity index (χ4v) is 13.5. The Morgan fingerprint density at radius 3 is 1.53 bits per heavy atom. The minimum atomic E-state index is -3.27. The molecular weight excluding hydrogens is 1310 g/mol. The van der Waals surface area contributed by atoms with Gasteiger partial charge in [-0.25, -0.2) is 4.79 Å². The summed E-state index contributed by atoms with van der Waals surface area (Å²) < 4.78 is 48.1. The Morgan fingerprint density at radius 1 is 0.550 bits per heavy atom. The molecule has 0 spiro atoms. The summed E-state index contributed by atoms with van der Waals surface area (Å²) in [6.07, 6.45) is 2.06. The molecule has 16 N–H and O–H groups in total. The van der Waals surface area contributed by atoms with Crippen LogP contribution in [0.3, 0.4) is 0 Å². The Bertz CT molecular complexity index is 2290. The molecule has 0 bridgehead atoms. The van der Waals surface area contributed by atoms with E-state index in [-0.39, 0.29) is 12.3 Å². The fraction of sp³-hybridized carbons (Fsp3) is 0.889. The molecule has 1 unspecified atom stereocenters. The molecule has 28 heteroatoms. The third kappa shape index (κ3) is 29.9. The first kappa shape index (κ1) is 89.1. The van der Waals surface area contributed by atoms with Crippen LogP contribution in [0, 0.1) is 5.92 Å². The van der Waals surface area contributed by atoms with E-state index < -0.39 is 204 Å². The second-order valence-electron chi connectivity index (χ2n) is 27.9. The topological polar surface area (TPSA) is 449 Å². The van der Waals surface area contributed by atoms with Crippen molar-refractivity contribution in [3.05, 3.63) is 24.3 Å². The van der Waals surface area contributed by atoms with Crippen molar-refractivity contribution >= 4 is 23.6 Å². The van der Waals surface area contributed by atoms with E-state index in [4.69, 9.17) is 37.9 Å². The van der Waals surface area contributed by atoms with Gasteiger partial charge in [0.2, 0.25) is 11.8 Å². The zero-order chi connectivity index (χ0) is 73.6. The minimum Gasteiger partial charge on any atom is -0.477 e. The molecule has 0 aromatic heterocycles. The molecule has 0 saturated carbocycles. The number of nitrogens with one attached hydrogen (secondary N) is 2. The molecule has 28 nitrogen and oxygen atoms in total. The van der Waals surface area contributed by atoms with E-state index in [1.54, 1.807) is 6.08 Å². The van der Waals surface area contributed by atoms with E-state index in [9.17, 15) is 90.7 Å². The smallest absolute Gasteiger partial charge is 0.364 e. The highest BCUT2D eigenvalue weighted by atomic mass is 16.8. The van der Waals surface area contributed by atoms with E-state index in [0.29, 0.717) is 12.8 Å². The molecule has 4 heterocycles. The Morgan fingerprint density at radius 2 is 1.03 bits per heavy atom. The number of carbonyl (C=O) groups excluding carboxylic acids is 3. The summed E-state index contributed by atoms with van der Waals surface area (Å²) in [5, 5.41) is 161. The number of carboxylic acids is 1. The van der Waals surface area contributed by atoms with Gasteiger partial charge in [0.25, 0.3) is 5.79 Å². The number of amides is 2. The van der Waals surface area contributed by atoms with E-state index in [1.807, 2.05) is 6.08 Å². The number of ether oxygens (including phenoxy) is 8. The maximum atomic E-state index is 13.6. The maximum absolute atomic E-state index is 13.6. The molecule has 0 aromatic rings. The summed E-state index contributed by atoms with van der Waals surface area (Å²) in [5.74, 6) is -8.56. The van der Waals surface area contributed by atoms with Gasteiger partial charge in [-0.15, -0.1) is 0 Å². The lowest BCUT2D eigenvalue weighted by atomic mass is 9.87. The number of carboxylic acid groups (broad SMARTS) is 1. The number of aliphatic hydroxyl groups excluding tert-OH is 13. The number of allylic oxidation sites excluding steroid dienone is 3. The Labute approximate surface area is 591 Å². The normalized spacial score (nSPS) is 31.6. The Balaban J connectivity index is 1.51. The lowest BCUT2D eigenvalue weighted by Crippen LogP contribution is -2.71. The molecule has 4 fully saturated rings. The molecule has 4 saturated heterocycles. The zero-order valence-corrected chi connectivity index (χ0v) is 59.8. The number of Topliss-reactive ketones (excluding diaryl/α,β-unsaturated/α-hetero) is 1. The molecule has 4 aliphatic rings. The van der Waals surface area contributed by atoms with Gasteiger partial charge in [-0.05, 0) is 51.9 Å². The van der Waals surface area contributed by atoms with Gasteiger partial charge in [-0.1, -0.05) is 179 Å². The van der Waals surface area contributed by atoms with Crippen molar-refractivity contribution < 1.29 is 129 Å². The van der Waals surface area contributed by atoms with Crippen LogP contribution in [0.4, 0.5) is 0 Å². The number of aliphatic hydroxyl groups is 13. The van der Waals surface area contributed by atoms with E-state index in [0.717, 1.165) is 84.5 Å². The summed E-state index contributed by atoms with van der Waals surface area (Å²) in [6, 6.07) is -2.79. The van der Waals surface area contributed by atoms with Crippen molar-refractivity contribution in [3.63, 3.8) is 0 Å². The van der Waals surface area contributed by atoms with E-state index in [2.05, 4.69) is 36.6 Å². The monoisotopic (exact) mass is 1440 g/mol. The van der Waals surface area contributed by atoms with Crippen molar-refractivity contribution in [1.82, 2.24) is 10.6 Å². The second kappa shape index (κ2) is 49.5. The average Bonchev–Trinajstić information content (AvgIpc) is 0.750. The van der Waals surface area contributed by atoms with Gasteiger partial charge in [0.05, 0.1) is 63.4 Å². The van der Waals surface area contributed by atoms with Crippen LogP contribution in [-0.2, 0) is 57.1 Å². The summed E-state index contributed by atoms with van der Waals surface area (Å²) in [7, 11) is 0. The van der Waals surface area contributed by atoms with E-state index in [1.165, 1.54) is 103 Å². The predicted molar refractivity (Wildman–Crippen MR) is 365 cm³/mol. The molecule has 2 amide bonds. The van der Waals surface area contributed by atoms with Crippen molar-refractivity contribution in [2.45, 2.75) is 368 Å². The molecule has 100 heavy (non-hydrogen) atoms. The van der Waals surface area contributed by atoms with Crippen LogP contribution in [0.2, 0.25) is 0 Å². The number of carbonyl (C=O) groups is 4. The first-order valence-electron chi connectivity index (χ1n) is 37.4. The highest BCUT2D eigenvalue weighted by Crippen LogP contribution is 2.41. The lowest BCUT2D eigenvalue weighted by Gasteiger charge is -2.52. The molecule has 4 aliphatic heterocycles. The summed E-state index contributed by atoms with van der Waals surface area (Å²) >= 11 is 0. The van der Waals surface area contributed by atoms with Crippen LogP contribution < -0.4 is 10.6 Å². The number of aliphatic carboxylic acids is 1.